The molecule has 2 aromatic heterocycles. The maximum Gasteiger partial charge on any atom is 0.257 e. The van der Waals surface area contributed by atoms with E-state index in [1.807, 2.05) is 40.6 Å². The highest BCUT2D eigenvalue weighted by molar-refractivity contribution is 7.12. The quantitative estimate of drug-likeness (QED) is 0.575. The number of nitrogens with zero attached hydrogens (tertiary/aromatic N) is 5. The summed E-state index contributed by atoms with van der Waals surface area (Å²) in [5, 5.41) is 17.2. The predicted octanol–water partition coefficient (Wildman–Crippen LogP) is 3.85. The van der Waals surface area contributed by atoms with Crippen LogP contribution in [0.15, 0.2) is 63.6 Å². The SMILES string of the molecule is N#Cc1ccc(N2CCN(CC(=O)N3N=C(c4cccs4)CC3c3ccco3)CC2)c(F)c1. The first kappa shape index (κ1) is 21.4. The number of anilines is 1. The van der Waals surface area contributed by atoms with Gasteiger partial charge in [-0.15, -0.1) is 11.3 Å². The summed E-state index contributed by atoms with van der Waals surface area (Å²) in [6, 6.07) is 13.9. The fraction of sp³-hybridized carbons (Fsp3) is 0.292. The lowest BCUT2D eigenvalue weighted by molar-refractivity contribution is -0.134. The first-order valence-corrected chi connectivity index (χ1v) is 11.6. The van der Waals surface area contributed by atoms with Crippen LogP contribution in [0.1, 0.15) is 28.7 Å². The molecule has 33 heavy (non-hydrogen) atoms. The number of halogens is 1. The van der Waals surface area contributed by atoms with Crippen molar-refractivity contribution in [1.29, 1.82) is 5.26 Å². The molecule has 2 aliphatic rings. The van der Waals surface area contributed by atoms with Gasteiger partial charge in [-0.1, -0.05) is 6.07 Å². The molecule has 4 heterocycles. The van der Waals surface area contributed by atoms with E-state index in [-0.39, 0.29) is 18.5 Å². The average molecular weight is 464 g/mol. The second-order valence-electron chi connectivity index (χ2n) is 8.04. The van der Waals surface area contributed by atoms with Crippen LogP contribution in [0.5, 0.6) is 0 Å². The van der Waals surface area contributed by atoms with E-state index in [9.17, 15) is 9.18 Å². The van der Waals surface area contributed by atoms with Crippen LogP contribution >= 0.6 is 11.3 Å². The van der Waals surface area contributed by atoms with Gasteiger partial charge in [-0.3, -0.25) is 9.69 Å². The Kier molecular flexibility index (Phi) is 5.94. The summed E-state index contributed by atoms with van der Waals surface area (Å²) >= 11 is 1.61. The third-order valence-electron chi connectivity index (χ3n) is 5.99. The van der Waals surface area contributed by atoms with Gasteiger partial charge in [0.25, 0.3) is 5.91 Å². The second kappa shape index (κ2) is 9.17. The first-order valence-electron chi connectivity index (χ1n) is 10.8. The van der Waals surface area contributed by atoms with Gasteiger partial charge >= 0.3 is 0 Å². The number of hydrogen-bond donors (Lipinski definition) is 0. The van der Waals surface area contributed by atoms with Crippen molar-refractivity contribution < 1.29 is 13.6 Å². The van der Waals surface area contributed by atoms with Crippen LogP contribution in [-0.2, 0) is 4.79 Å². The number of thiophene rings is 1. The number of hydrazone groups is 1. The summed E-state index contributed by atoms with van der Waals surface area (Å²) in [4.78, 5) is 18.3. The van der Waals surface area contributed by atoms with Crippen molar-refractivity contribution in [3.05, 3.63) is 76.1 Å². The Morgan fingerprint density at radius 3 is 2.73 bits per heavy atom. The third kappa shape index (κ3) is 4.40. The first-order chi connectivity index (χ1) is 16.1. The van der Waals surface area contributed by atoms with E-state index >= 15 is 0 Å². The summed E-state index contributed by atoms with van der Waals surface area (Å²) in [5.41, 5.74) is 1.68. The minimum Gasteiger partial charge on any atom is -0.467 e. The highest BCUT2D eigenvalue weighted by Crippen LogP contribution is 2.34. The zero-order valence-corrected chi connectivity index (χ0v) is 18.7. The third-order valence-corrected chi connectivity index (χ3v) is 6.91. The van der Waals surface area contributed by atoms with Crippen LogP contribution in [0.4, 0.5) is 10.1 Å². The van der Waals surface area contributed by atoms with Crippen molar-refractivity contribution in [3.8, 4) is 6.07 Å². The highest BCUT2D eigenvalue weighted by Gasteiger charge is 2.36. The number of carbonyl (C=O) groups excluding carboxylic acids is 1. The lowest BCUT2D eigenvalue weighted by Gasteiger charge is -2.36. The lowest BCUT2D eigenvalue weighted by Crippen LogP contribution is -2.49. The number of carbonyl (C=O) groups is 1. The summed E-state index contributed by atoms with van der Waals surface area (Å²) in [6.45, 7) is 2.70. The normalized spacial score (nSPS) is 18.9. The van der Waals surface area contributed by atoms with Crippen molar-refractivity contribution in [2.45, 2.75) is 12.5 Å². The molecule has 0 bridgehead atoms. The molecule has 5 rings (SSSR count). The standard InChI is InChI=1S/C24H22FN5O2S/c25-18-13-17(15-26)5-6-20(18)29-9-7-28(8-10-29)16-24(31)30-21(22-3-1-11-32-22)14-19(27-30)23-4-2-12-33-23/h1-6,11-13,21H,7-10,14,16H2. The average Bonchev–Trinajstić information content (AvgIpc) is 3.60. The van der Waals surface area contributed by atoms with Crippen LogP contribution in [0.3, 0.4) is 0 Å². The molecule has 9 heteroatoms. The molecule has 0 aliphatic carbocycles. The number of rotatable bonds is 5. The van der Waals surface area contributed by atoms with Crippen molar-refractivity contribution in [3.63, 3.8) is 0 Å². The van der Waals surface area contributed by atoms with E-state index in [4.69, 9.17) is 9.68 Å². The molecule has 0 saturated carbocycles. The van der Waals surface area contributed by atoms with E-state index in [1.54, 1.807) is 34.7 Å². The van der Waals surface area contributed by atoms with Crippen LogP contribution < -0.4 is 4.90 Å². The van der Waals surface area contributed by atoms with Gasteiger partial charge in [-0.25, -0.2) is 9.40 Å². The van der Waals surface area contributed by atoms with Crippen molar-refractivity contribution >= 4 is 28.6 Å². The van der Waals surface area contributed by atoms with Crippen LogP contribution in [0.2, 0.25) is 0 Å². The van der Waals surface area contributed by atoms with Gasteiger partial charge in [0, 0.05) is 32.6 Å². The van der Waals surface area contributed by atoms with E-state index in [0.717, 1.165) is 16.3 Å². The Bertz CT molecular complexity index is 1190. The maximum absolute atomic E-state index is 14.4. The molecular formula is C24H22FN5O2S. The molecule has 7 nitrogen and oxygen atoms in total. The highest BCUT2D eigenvalue weighted by atomic mass is 32.1. The molecule has 1 saturated heterocycles. The van der Waals surface area contributed by atoms with E-state index in [0.29, 0.717) is 43.9 Å². The number of furan rings is 1. The van der Waals surface area contributed by atoms with Crippen LogP contribution in [0.25, 0.3) is 0 Å². The molecule has 1 amide bonds. The van der Waals surface area contributed by atoms with Gasteiger partial charge in [0.1, 0.15) is 17.6 Å². The van der Waals surface area contributed by atoms with Gasteiger partial charge in [0.05, 0.1) is 40.7 Å². The minimum absolute atomic E-state index is 0.0824. The fourth-order valence-electron chi connectivity index (χ4n) is 4.28. The number of amides is 1. The monoisotopic (exact) mass is 463 g/mol. The Hall–Kier alpha value is -3.48. The topological polar surface area (TPSA) is 76.1 Å². The Morgan fingerprint density at radius 1 is 1.21 bits per heavy atom. The smallest absolute Gasteiger partial charge is 0.257 e. The number of piperazine rings is 1. The molecule has 0 spiro atoms. The number of nitriles is 1. The van der Waals surface area contributed by atoms with Crippen molar-refractivity contribution in [2.24, 2.45) is 5.10 Å². The molecule has 2 aliphatic heterocycles. The van der Waals surface area contributed by atoms with Crippen molar-refractivity contribution in [2.75, 3.05) is 37.6 Å². The lowest BCUT2D eigenvalue weighted by atomic mass is 10.1. The van der Waals surface area contributed by atoms with Gasteiger partial charge in [-0.2, -0.15) is 10.4 Å². The predicted molar refractivity (Wildman–Crippen MR) is 124 cm³/mol. The zero-order valence-electron chi connectivity index (χ0n) is 17.9. The Labute approximate surface area is 194 Å². The summed E-state index contributed by atoms with van der Waals surface area (Å²) in [7, 11) is 0. The fourth-order valence-corrected chi connectivity index (χ4v) is 5.00. The minimum atomic E-state index is -0.396. The molecule has 168 valence electrons. The summed E-state index contributed by atoms with van der Waals surface area (Å²) < 4.78 is 20.0. The largest absolute Gasteiger partial charge is 0.467 e. The molecule has 1 aromatic carbocycles. The Balaban J connectivity index is 1.25. The molecule has 1 atom stereocenters. The van der Waals surface area contributed by atoms with Gasteiger partial charge in [-0.05, 0) is 41.8 Å². The molecule has 3 aromatic rings. The van der Waals surface area contributed by atoms with Gasteiger partial charge in [0.15, 0.2) is 0 Å². The van der Waals surface area contributed by atoms with Gasteiger partial charge < -0.3 is 9.32 Å². The van der Waals surface area contributed by atoms with E-state index in [1.165, 1.54) is 6.07 Å². The second-order valence-corrected chi connectivity index (χ2v) is 8.99. The molecular weight excluding hydrogens is 441 g/mol. The van der Waals surface area contributed by atoms with Crippen LogP contribution in [-0.4, -0.2) is 54.3 Å². The molecule has 1 unspecified atom stereocenters. The van der Waals surface area contributed by atoms with E-state index in [2.05, 4.69) is 10.0 Å². The van der Waals surface area contributed by atoms with Crippen molar-refractivity contribution in [1.82, 2.24) is 9.91 Å². The summed E-state index contributed by atoms with van der Waals surface area (Å²) in [5.74, 6) is 0.244. The molecule has 0 N–H and O–H groups in total. The zero-order chi connectivity index (χ0) is 22.8. The number of hydrogen-bond acceptors (Lipinski definition) is 7. The summed E-state index contributed by atoms with van der Waals surface area (Å²) in [6.07, 6.45) is 2.23. The number of benzene rings is 1. The molecule has 1 fully saturated rings. The van der Waals surface area contributed by atoms with Crippen LogP contribution in [0, 0.1) is 17.1 Å². The van der Waals surface area contributed by atoms with E-state index < -0.39 is 5.82 Å². The molecule has 0 radical (unpaired) electrons. The maximum atomic E-state index is 14.4. The van der Waals surface area contributed by atoms with Gasteiger partial charge in [0.2, 0.25) is 0 Å². The Morgan fingerprint density at radius 2 is 2.06 bits per heavy atom.